The van der Waals surface area contributed by atoms with Crippen molar-refractivity contribution in [3.63, 3.8) is 0 Å². The van der Waals surface area contributed by atoms with Crippen molar-refractivity contribution >= 4 is 29.6 Å². The molecule has 1 aromatic rings. The van der Waals surface area contributed by atoms with E-state index in [1.165, 1.54) is 0 Å². The van der Waals surface area contributed by atoms with E-state index in [2.05, 4.69) is 16.0 Å². The van der Waals surface area contributed by atoms with Crippen LogP contribution < -0.4 is 16.0 Å². The molecule has 2 aliphatic heterocycles. The van der Waals surface area contributed by atoms with Crippen molar-refractivity contribution in [2.75, 3.05) is 13.1 Å². The minimum absolute atomic E-state index is 0.109. The Morgan fingerprint density at radius 1 is 1.30 bits per heavy atom. The van der Waals surface area contributed by atoms with Crippen LogP contribution in [0.1, 0.15) is 43.7 Å². The molecular weight excluding hydrogens is 368 g/mol. The van der Waals surface area contributed by atoms with Gasteiger partial charge in [0.1, 0.15) is 5.54 Å². The fourth-order valence-electron chi connectivity index (χ4n) is 4.49. The Kier molecular flexibility index (Phi) is 4.72. The molecule has 4 rings (SSSR count). The first-order valence-corrected chi connectivity index (χ1v) is 9.79. The molecule has 1 aromatic carbocycles. The Labute approximate surface area is 162 Å². The summed E-state index contributed by atoms with van der Waals surface area (Å²) in [5.74, 6) is 0.0171. The molecule has 144 valence electrons. The second-order valence-corrected chi connectivity index (χ2v) is 8.13. The van der Waals surface area contributed by atoms with Crippen molar-refractivity contribution in [2.24, 2.45) is 5.92 Å². The van der Waals surface area contributed by atoms with Gasteiger partial charge in [-0.2, -0.15) is 0 Å². The lowest BCUT2D eigenvalue weighted by molar-refractivity contribution is -0.123. The second-order valence-electron chi connectivity index (χ2n) is 7.69. The molecule has 3 fully saturated rings. The van der Waals surface area contributed by atoms with E-state index in [1.807, 2.05) is 24.3 Å². The van der Waals surface area contributed by atoms with Crippen molar-refractivity contribution in [1.82, 2.24) is 20.9 Å². The van der Waals surface area contributed by atoms with E-state index in [-0.39, 0.29) is 24.5 Å². The van der Waals surface area contributed by atoms with Gasteiger partial charge in [0.25, 0.3) is 5.91 Å². The molecule has 1 saturated carbocycles. The summed E-state index contributed by atoms with van der Waals surface area (Å²) in [6.07, 6.45) is 4.89. The number of benzene rings is 1. The van der Waals surface area contributed by atoms with Crippen LogP contribution in [0.3, 0.4) is 0 Å². The van der Waals surface area contributed by atoms with E-state index >= 15 is 0 Å². The molecule has 8 heteroatoms. The maximum Gasteiger partial charge on any atom is 0.322 e. The van der Waals surface area contributed by atoms with Crippen LogP contribution >= 0.6 is 11.6 Å². The zero-order chi connectivity index (χ0) is 19.0. The molecule has 0 radical (unpaired) electrons. The average molecular weight is 391 g/mol. The molecule has 27 heavy (non-hydrogen) atoms. The fourth-order valence-corrected chi connectivity index (χ4v) is 4.69. The van der Waals surface area contributed by atoms with E-state index in [9.17, 15) is 14.4 Å². The number of hydrogen-bond acceptors (Lipinski definition) is 3. The van der Waals surface area contributed by atoms with Crippen LogP contribution in [0.15, 0.2) is 24.3 Å². The van der Waals surface area contributed by atoms with Gasteiger partial charge in [0.05, 0.1) is 12.6 Å². The largest absolute Gasteiger partial charge is 0.331 e. The number of halogens is 1. The van der Waals surface area contributed by atoms with E-state index in [0.717, 1.165) is 31.2 Å². The van der Waals surface area contributed by atoms with Gasteiger partial charge >= 0.3 is 12.1 Å². The van der Waals surface area contributed by atoms with Crippen molar-refractivity contribution in [2.45, 2.75) is 43.7 Å². The topological polar surface area (TPSA) is 90.5 Å². The molecular formula is C19H23ClN4O3. The van der Waals surface area contributed by atoms with Crippen LogP contribution in [0.2, 0.25) is 5.02 Å². The molecule has 1 aliphatic carbocycles. The maximum atomic E-state index is 12.9. The molecule has 1 spiro atoms. The highest BCUT2D eigenvalue weighted by Gasteiger charge is 2.51. The number of nitrogens with one attached hydrogen (secondary N) is 3. The van der Waals surface area contributed by atoms with Gasteiger partial charge in [-0.05, 0) is 42.9 Å². The van der Waals surface area contributed by atoms with Gasteiger partial charge in [0, 0.05) is 11.6 Å². The van der Waals surface area contributed by atoms with Crippen LogP contribution in [0.5, 0.6) is 0 Å². The minimum atomic E-state index is -0.993. The van der Waals surface area contributed by atoms with Crippen LogP contribution in [-0.2, 0) is 4.79 Å². The van der Waals surface area contributed by atoms with Crippen molar-refractivity contribution < 1.29 is 14.4 Å². The number of amides is 5. The summed E-state index contributed by atoms with van der Waals surface area (Å²) in [4.78, 5) is 38.1. The number of likely N-dealkylation sites (tertiary alicyclic amines) is 1. The highest BCUT2D eigenvalue weighted by atomic mass is 35.5. The van der Waals surface area contributed by atoms with Gasteiger partial charge in [0.2, 0.25) is 0 Å². The minimum Gasteiger partial charge on any atom is -0.331 e. The number of carbonyl (C=O) groups is 3. The molecule has 3 aliphatic rings. The first kappa shape index (κ1) is 18.1. The highest BCUT2D eigenvalue weighted by Crippen LogP contribution is 2.37. The monoisotopic (exact) mass is 390 g/mol. The molecule has 2 atom stereocenters. The van der Waals surface area contributed by atoms with Gasteiger partial charge < -0.3 is 15.5 Å². The third kappa shape index (κ3) is 3.48. The van der Waals surface area contributed by atoms with E-state index < -0.39 is 11.6 Å². The zero-order valence-electron chi connectivity index (χ0n) is 15.0. The van der Waals surface area contributed by atoms with E-state index in [4.69, 9.17) is 11.6 Å². The van der Waals surface area contributed by atoms with Crippen LogP contribution in [0.4, 0.5) is 9.59 Å². The molecule has 5 amide bonds. The lowest BCUT2D eigenvalue weighted by atomic mass is 9.91. The number of nitrogens with zero attached hydrogens (tertiary/aromatic N) is 1. The molecule has 2 heterocycles. The Morgan fingerprint density at radius 2 is 2.07 bits per heavy atom. The quantitative estimate of drug-likeness (QED) is 0.693. The van der Waals surface area contributed by atoms with Crippen molar-refractivity contribution in [3.05, 3.63) is 34.9 Å². The second kappa shape index (κ2) is 7.03. The van der Waals surface area contributed by atoms with Gasteiger partial charge in [-0.25, -0.2) is 9.59 Å². The summed E-state index contributed by atoms with van der Waals surface area (Å²) in [5.41, 5.74) is 0.0106. The zero-order valence-corrected chi connectivity index (χ0v) is 15.7. The molecule has 3 N–H and O–H groups in total. The predicted octanol–water partition coefficient (Wildman–Crippen LogP) is 2.56. The summed E-state index contributed by atoms with van der Waals surface area (Å²) in [7, 11) is 0. The Bertz CT molecular complexity index is 780. The molecule has 0 bridgehead atoms. The number of rotatable bonds is 3. The number of hydrogen-bond donors (Lipinski definition) is 3. The van der Waals surface area contributed by atoms with Crippen LogP contribution in [0, 0.1) is 5.92 Å². The normalized spacial score (nSPS) is 26.3. The number of imide groups is 1. The van der Waals surface area contributed by atoms with Gasteiger partial charge in [-0.3, -0.25) is 10.1 Å². The molecule has 1 unspecified atom stereocenters. The van der Waals surface area contributed by atoms with Gasteiger partial charge in [-0.1, -0.05) is 36.6 Å². The van der Waals surface area contributed by atoms with Gasteiger partial charge in [0.15, 0.2) is 0 Å². The fraction of sp³-hybridized carbons (Fsp3) is 0.526. The Hall–Kier alpha value is -2.28. The van der Waals surface area contributed by atoms with E-state index in [1.54, 1.807) is 4.90 Å². The number of urea groups is 2. The maximum absolute atomic E-state index is 12.9. The third-order valence-electron chi connectivity index (χ3n) is 5.93. The molecule has 0 aromatic heterocycles. The first-order chi connectivity index (χ1) is 13.0. The lowest BCUT2D eigenvalue weighted by Crippen LogP contribution is -2.51. The predicted molar refractivity (Wildman–Crippen MR) is 100 cm³/mol. The van der Waals surface area contributed by atoms with Gasteiger partial charge in [-0.15, -0.1) is 0 Å². The first-order valence-electron chi connectivity index (χ1n) is 9.41. The molecule has 2 saturated heterocycles. The van der Waals surface area contributed by atoms with E-state index in [0.29, 0.717) is 23.9 Å². The third-order valence-corrected chi connectivity index (χ3v) is 6.16. The molecule has 7 nitrogen and oxygen atoms in total. The van der Waals surface area contributed by atoms with Crippen molar-refractivity contribution in [3.8, 4) is 0 Å². The lowest BCUT2D eigenvalue weighted by Gasteiger charge is -2.28. The Balaban J connectivity index is 1.49. The summed E-state index contributed by atoms with van der Waals surface area (Å²) < 4.78 is 0. The Morgan fingerprint density at radius 3 is 2.74 bits per heavy atom. The van der Waals surface area contributed by atoms with Crippen LogP contribution in [0.25, 0.3) is 0 Å². The summed E-state index contributed by atoms with van der Waals surface area (Å²) in [6.45, 7) is 0.607. The summed E-state index contributed by atoms with van der Waals surface area (Å²) in [6, 6.07) is 6.80. The highest BCUT2D eigenvalue weighted by molar-refractivity contribution is 6.30. The smallest absolute Gasteiger partial charge is 0.322 e. The number of carbonyl (C=O) groups excluding carboxylic acids is 3. The average Bonchev–Trinajstić information content (AvgIpc) is 3.35. The van der Waals surface area contributed by atoms with Crippen LogP contribution in [-0.4, -0.2) is 41.5 Å². The standard InChI is InChI=1S/C19H23ClN4O3/c20-14-7-3-6-13(10-14)15(12-4-1-2-5-12)21-18(27)24-9-8-19(11-24)16(25)22-17(26)23-19/h3,6-7,10,12,15H,1-2,4-5,8-9,11H2,(H,21,27)(H2,22,23,25,26)/t15-,19?/m0/s1. The SMILES string of the molecule is O=C1NC(=O)C2(CCN(C(=O)N[C@H](c3cccc(Cl)c3)C3CCCC3)C2)N1. The summed E-state index contributed by atoms with van der Waals surface area (Å²) >= 11 is 6.16. The summed E-state index contributed by atoms with van der Waals surface area (Å²) in [5, 5.41) is 8.75. The van der Waals surface area contributed by atoms with Crippen molar-refractivity contribution in [1.29, 1.82) is 0 Å².